The highest BCUT2D eigenvalue weighted by molar-refractivity contribution is 7.12. The third-order valence-electron chi connectivity index (χ3n) is 1.64. The first-order chi connectivity index (χ1) is 5.77. The summed E-state index contributed by atoms with van der Waals surface area (Å²) in [6.45, 7) is 2.08. The SMILES string of the molecule is CCc1ccc(C(O)CC#N)s1. The van der Waals surface area contributed by atoms with Crippen LogP contribution in [0.25, 0.3) is 0 Å². The molecule has 3 heteroatoms. The molecular formula is C9H11NOS. The summed E-state index contributed by atoms with van der Waals surface area (Å²) in [4.78, 5) is 2.15. The molecule has 0 spiro atoms. The minimum atomic E-state index is -0.597. The molecule has 1 aromatic rings. The number of aliphatic hydroxyl groups is 1. The molecule has 0 radical (unpaired) electrons. The van der Waals surface area contributed by atoms with Gasteiger partial charge in [-0.25, -0.2) is 0 Å². The highest BCUT2D eigenvalue weighted by Gasteiger charge is 2.08. The molecule has 0 amide bonds. The predicted octanol–water partition coefficient (Wildman–Crippen LogP) is 2.26. The van der Waals surface area contributed by atoms with Crippen molar-refractivity contribution >= 4 is 11.3 Å². The fourth-order valence-electron chi connectivity index (χ4n) is 0.951. The van der Waals surface area contributed by atoms with Crippen molar-refractivity contribution < 1.29 is 5.11 Å². The van der Waals surface area contributed by atoms with Crippen molar-refractivity contribution in [1.82, 2.24) is 0 Å². The van der Waals surface area contributed by atoms with E-state index < -0.39 is 6.10 Å². The van der Waals surface area contributed by atoms with Crippen molar-refractivity contribution in [2.45, 2.75) is 25.9 Å². The van der Waals surface area contributed by atoms with Crippen LogP contribution in [-0.4, -0.2) is 5.11 Å². The minimum Gasteiger partial charge on any atom is -0.386 e. The Labute approximate surface area is 76.1 Å². The van der Waals surface area contributed by atoms with Crippen LogP contribution in [0.3, 0.4) is 0 Å². The molecule has 2 nitrogen and oxygen atoms in total. The van der Waals surface area contributed by atoms with Crippen LogP contribution in [0.5, 0.6) is 0 Å². The van der Waals surface area contributed by atoms with Gasteiger partial charge in [-0.15, -0.1) is 11.3 Å². The van der Waals surface area contributed by atoms with Crippen LogP contribution in [0, 0.1) is 11.3 Å². The molecule has 1 aromatic heterocycles. The van der Waals surface area contributed by atoms with Gasteiger partial charge in [0.2, 0.25) is 0 Å². The molecule has 1 N–H and O–H groups in total. The number of aryl methyl sites for hydroxylation is 1. The van der Waals surface area contributed by atoms with Crippen molar-refractivity contribution in [2.75, 3.05) is 0 Å². The van der Waals surface area contributed by atoms with Gasteiger partial charge in [0.05, 0.1) is 12.5 Å². The van der Waals surface area contributed by atoms with Crippen LogP contribution in [0.4, 0.5) is 0 Å². The second-order valence-electron chi connectivity index (χ2n) is 2.54. The quantitative estimate of drug-likeness (QED) is 0.777. The summed E-state index contributed by atoms with van der Waals surface area (Å²) < 4.78 is 0. The summed E-state index contributed by atoms with van der Waals surface area (Å²) in [6, 6.07) is 5.84. The van der Waals surface area contributed by atoms with Crippen LogP contribution >= 0.6 is 11.3 Å². The molecule has 1 rings (SSSR count). The van der Waals surface area contributed by atoms with Crippen LogP contribution in [-0.2, 0) is 6.42 Å². The molecule has 1 unspecified atom stereocenters. The first-order valence-electron chi connectivity index (χ1n) is 3.91. The third kappa shape index (κ3) is 2.07. The third-order valence-corrected chi connectivity index (χ3v) is 2.97. The number of rotatable bonds is 3. The van der Waals surface area contributed by atoms with E-state index in [1.807, 2.05) is 18.2 Å². The Balaban J connectivity index is 2.69. The molecular weight excluding hydrogens is 170 g/mol. The number of nitriles is 1. The van der Waals surface area contributed by atoms with E-state index >= 15 is 0 Å². The summed E-state index contributed by atoms with van der Waals surface area (Å²) in [5.41, 5.74) is 0. The number of hydrogen-bond donors (Lipinski definition) is 1. The second kappa shape index (κ2) is 4.24. The first-order valence-corrected chi connectivity index (χ1v) is 4.73. The van der Waals surface area contributed by atoms with E-state index in [4.69, 9.17) is 5.26 Å². The fourth-order valence-corrected chi connectivity index (χ4v) is 1.89. The lowest BCUT2D eigenvalue weighted by Gasteiger charge is -2.00. The van der Waals surface area contributed by atoms with E-state index in [1.54, 1.807) is 11.3 Å². The Morgan fingerprint density at radius 3 is 2.92 bits per heavy atom. The van der Waals surface area contributed by atoms with E-state index in [0.29, 0.717) is 0 Å². The average Bonchev–Trinajstić information content (AvgIpc) is 2.52. The standard InChI is InChI=1S/C9H11NOS/c1-2-7-3-4-9(12-7)8(11)5-6-10/h3-4,8,11H,2,5H2,1H3. The Kier molecular flexibility index (Phi) is 3.27. The average molecular weight is 181 g/mol. The van der Waals surface area contributed by atoms with E-state index in [1.165, 1.54) is 4.88 Å². The predicted molar refractivity (Wildman–Crippen MR) is 48.9 cm³/mol. The summed E-state index contributed by atoms with van der Waals surface area (Å²) in [7, 11) is 0. The Hall–Kier alpha value is -0.850. The van der Waals surface area contributed by atoms with E-state index in [2.05, 4.69) is 6.92 Å². The molecule has 12 heavy (non-hydrogen) atoms. The molecule has 0 bridgehead atoms. The monoisotopic (exact) mass is 181 g/mol. The number of hydrogen-bond acceptors (Lipinski definition) is 3. The fraction of sp³-hybridized carbons (Fsp3) is 0.444. The van der Waals surface area contributed by atoms with Crippen molar-refractivity contribution in [3.63, 3.8) is 0 Å². The van der Waals surface area contributed by atoms with Gasteiger partial charge in [0, 0.05) is 9.75 Å². The minimum absolute atomic E-state index is 0.184. The summed E-state index contributed by atoms with van der Waals surface area (Å²) in [5, 5.41) is 17.8. The van der Waals surface area contributed by atoms with Crippen LogP contribution in [0.1, 0.15) is 29.2 Å². The van der Waals surface area contributed by atoms with Gasteiger partial charge in [0.25, 0.3) is 0 Å². The van der Waals surface area contributed by atoms with E-state index in [-0.39, 0.29) is 6.42 Å². The van der Waals surface area contributed by atoms with Gasteiger partial charge in [0.15, 0.2) is 0 Å². The molecule has 64 valence electrons. The van der Waals surface area contributed by atoms with Gasteiger partial charge in [-0.05, 0) is 18.6 Å². The highest BCUT2D eigenvalue weighted by atomic mass is 32.1. The van der Waals surface area contributed by atoms with Gasteiger partial charge in [0.1, 0.15) is 6.10 Å². The smallest absolute Gasteiger partial charge is 0.101 e. The molecule has 1 heterocycles. The lowest BCUT2D eigenvalue weighted by atomic mass is 10.2. The van der Waals surface area contributed by atoms with E-state index in [9.17, 15) is 5.11 Å². The Morgan fingerprint density at radius 1 is 1.67 bits per heavy atom. The zero-order chi connectivity index (χ0) is 8.97. The van der Waals surface area contributed by atoms with Crippen LogP contribution in [0.15, 0.2) is 12.1 Å². The summed E-state index contributed by atoms with van der Waals surface area (Å²) in [5.74, 6) is 0. The number of thiophene rings is 1. The molecule has 0 saturated heterocycles. The molecule has 0 fully saturated rings. The van der Waals surface area contributed by atoms with Gasteiger partial charge in [-0.1, -0.05) is 6.92 Å². The van der Waals surface area contributed by atoms with Crippen LogP contribution < -0.4 is 0 Å². The van der Waals surface area contributed by atoms with Crippen molar-refractivity contribution in [1.29, 1.82) is 5.26 Å². The zero-order valence-corrected chi connectivity index (χ0v) is 7.77. The van der Waals surface area contributed by atoms with Gasteiger partial charge >= 0.3 is 0 Å². The maximum Gasteiger partial charge on any atom is 0.101 e. The largest absolute Gasteiger partial charge is 0.386 e. The topological polar surface area (TPSA) is 44.0 Å². The molecule has 0 aliphatic heterocycles. The molecule has 0 saturated carbocycles. The number of aliphatic hydroxyl groups excluding tert-OH is 1. The normalized spacial score (nSPS) is 12.4. The molecule has 0 aliphatic carbocycles. The van der Waals surface area contributed by atoms with Crippen LogP contribution in [0.2, 0.25) is 0 Å². The van der Waals surface area contributed by atoms with Gasteiger partial charge in [-0.3, -0.25) is 0 Å². The Morgan fingerprint density at radius 2 is 2.42 bits per heavy atom. The van der Waals surface area contributed by atoms with Gasteiger partial charge in [-0.2, -0.15) is 5.26 Å². The number of nitrogens with zero attached hydrogens (tertiary/aromatic N) is 1. The summed E-state index contributed by atoms with van der Waals surface area (Å²) >= 11 is 1.58. The maximum absolute atomic E-state index is 9.42. The molecule has 1 atom stereocenters. The lowest BCUT2D eigenvalue weighted by Crippen LogP contribution is -1.90. The highest BCUT2D eigenvalue weighted by Crippen LogP contribution is 2.25. The zero-order valence-electron chi connectivity index (χ0n) is 6.95. The Bertz CT molecular complexity index is 287. The van der Waals surface area contributed by atoms with E-state index in [0.717, 1.165) is 11.3 Å². The van der Waals surface area contributed by atoms with Gasteiger partial charge < -0.3 is 5.11 Å². The maximum atomic E-state index is 9.42. The second-order valence-corrected chi connectivity index (χ2v) is 3.74. The molecule has 0 aliphatic rings. The lowest BCUT2D eigenvalue weighted by molar-refractivity contribution is 0.187. The van der Waals surface area contributed by atoms with Crippen molar-refractivity contribution in [3.05, 3.63) is 21.9 Å². The van der Waals surface area contributed by atoms with Crippen molar-refractivity contribution in [3.8, 4) is 6.07 Å². The van der Waals surface area contributed by atoms with Crippen molar-refractivity contribution in [2.24, 2.45) is 0 Å². The summed E-state index contributed by atoms with van der Waals surface area (Å²) in [6.07, 6.45) is 0.577. The molecule has 0 aromatic carbocycles. The first kappa shape index (κ1) is 9.24.